The zero-order valence-electron chi connectivity index (χ0n) is 15.4. The fourth-order valence-corrected chi connectivity index (χ4v) is 5.24. The van der Waals surface area contributed by atoms with Crippen molar-refractivity contribution in [3.63, 3.8) is 0 Å². The Kier molecular flexibility index (Phi) is 2.54. The first-order valence-corrected chi connectivity index (χ1v) is 9.75. The summed E-state index contributed by atoms with van der Waals surface area (Å²) < 4.78 is 8.84. The van der Waals surface area contributed by atoms with Gasteiger partial charge in [0.25, 0.3) is 6.71 Å². The van der Waals surface area contributed by atoms with E-state index in [9.17, 15) is 0 Å². The topological polar surface area (TPSA) is 14.2 Å². The highest BCUT2D eigenvalue weighted by atomic mass is 16.5. The van der Waals surface area contributed by atoms with Crippen LogP contribution in [-0.4, -0.2) is 11.3 Å². The van der Waals surface area contributed by atoms with E-state index in [1.807, 2.05) is 0 Å². The van der Waals surface area contributed by atoms with Gasteiger partial charge in [-0.25, -0.2) is 0 Å². The Morgan fingerprint density at radius 2 is 1.54 bits per heavy atom. The number of benzene rings is 4. The molecule has 7 rings (SSSR count). The van der Waals surface area contributed by atoms with E-state index < -0.39 is 0 Å². The Labute approximate surface area is 163 Å². The summed E-state index contributed by atoms with van der Waals surface area (Å²) in [4.78, 5) is 0. The van der Waals surface area contributed by atoms with Crippen LogP contribution in [0.15, 0.2) is 78.9 Å². The van der Waals surface area contributed by atoms with Crippen molar-refractivity contribution >= 4 is 44.9 Å². The van der Waals surface area contributed by atoms with Gasteiger partial charge in [-0.2, -0.15) is 0 Å². The van der Waals surface area contributed by atoms with E-state index in [4.69, 9.17) is 4.74 Å². The number of fused-ring (bicyclic) bond motifs is 7. The van der Waals surface area contributed by atoms with Crippen molar-refractivity contribution in [2.75, 3.05) is 0 Å². The molecule has 1 aromatic heterocycles. The molecule has 5 aromatic rings. The molecule has 0 aliphatic carbocycles. The van der Waals surface area contributed by atoms with E-state index in [0.29, 0.717) is 0 Å². The van der Waals surface area contributed by atoms with E-state index in [1.54, 1.807) is 0 Å². The molecule has 2 aliphatic heterocycles. The number of aryl methyl sites for hydroxylation is 1. The molecule has 0 saturated heterocycles. The standard InChI is InChI=1S/C25H16BNO/c1-15-13-21-24-23(14-15)28-22-12-5-3-9-18(22)26(24)19-10-6-8-17-16-7-2-4-11-20(16)27(21)25(17)19/h2-14H,1H3. The maximum Gasteiger partial charge on any atom is 0.256 e. The molecule has 3 heterocycles. The fraction of sp³-hybridized carbons (Fsp3) is 0.0400. The summed E-state index contributed by atoms with van der Waals surface area (Å²) in [6.07, 6.45) is 0. The van der Waals surface area contributed by atoms with Crippen molar-refractivity contribution in [3.05, 3.63) is 84.4 Å². The zero-order valence-corrected chi connectivity index (χ0v) is 15.4. The van der Waals surface area contributed by atoms with Crippen molar-refractivity contribution in [2.45, 2.75) is 6.92 Å². The van der Waals surface area contributed by atoms with Crippen LogP contribution in [-0.2, 0) is 0 Å². The Hall–Kier alpha value is -3.46. The lowest BCUT2D eigenvalue weighted by molar-refractivity contribution is 0.487. The van der Waals surface area contributed by atoms with Crippen LogP contribution in [0, 0.1) is 6.92 Å². The van der Waals surface area contributed by atoms with Gasteiger partial charge in [0.05, 0.1) is 5.52 Å². The van der Waals surface area contributed by atoms with Crippen LogP contribution in [0.1, 0.15) is 5.56 Å². The molecule has 0 fully saturated rings. The first-order chi connectivity index (χ1) is 13.8. The van der Waals surface area contributed by atoms with Gasteiger partial charge in [0.1, 0.15) is 11.5 Å². The third-order valence-electron chi connectivity index (χ3n) is 6.28. The van der Waals surface area contributed by atoms with Gasteiger partial charge in [-0.3, -0.25) is 0 Å². The molecule has 4 aromatic carbocycles. The summed E-state index contributed by atoms with van der Waals surface area (Å²) in [5.74, 6) is 1.96. The summed E-state index contributed by atoms with van der Waals surface area (Å²) in [5.41, 5.74) is 8.96. The minimum atomic E-state index is 0.205. The molecule has 0 saturated carbocycles. The number of para-hydroxylation sites is 3. The second-order valence-corrected chi connectivity index (χ2v) is 7.86. The molecule has 3 heteroatoms. The molecule has 0 amide bonds. The second-order valence-electron chi connectivity index (χ2n) is 7.86. The van der Waals surface area contributed by atoms with Crippen LogP contribution in [0.2, 0.25) is 0 Å². The van der Waals surface area contributed by atoms with E-state index in [2.05, 4.69) is 90.4 Å². The Morgan fingerprint density at radius 1 is 0.750 bits per heavy atom. The smallest absolute Gasteiger partial charge is 0.256 e. The number of hydrogen-bond donors (Lipinski definition) is 0. The molecular formula is C25H16BNO. The summed E-state index contributed by atoms with van der Waals surface area (Å²) in [6.45, 7) is 2.36. The van der Waals surface area contributed by atoms with Gasteiger partial charge in [0.15, 0.2) is 0 Å². The molecule has 130 valence electrons. The Bertz CT molecular complexity index is 1460. The predicted molar refractivity (Wildman–Crippen MR) is 117 cm³/mol. The third kappa shape index (κ3) is 1.61. The zero-order chi connectivity index (χ0) is 18.4. The average Bonchev–Trinajstić information content (AvgIpc) is 3.06. The van der Waals surface area contributed by atoms with E-state index in [0.717, 1.165) is 11.5 Å². The highest BCUT2D eigenvalue weighted by Gasteiger charge is 2.40. The van der Waals surface area contributed by atoms with Crippen LogP contribution >= 0.6 is 0 Å². The molecular weight excluding hydrogens is 341 g/mol. The first-order valence-electron chi connectivity index (χ1n) is 9.75. The lowest BCUT2D eigenvalue weighted by atomic mass is 9.34. The van der Waals surface area contributed by atoms with Gasteiger partial charge in [0, 0.05) is 22.0 Å². The van der Waals surface area contributed by atoms with E-state index >= 15 is 0 Å². The van der Waals surface area contributed by atoms with Gasteiger partial charge in [0.2, 0.25) is 0 Å². The van der Waals surface area contributed by atoms with Crippen molar-refractivity contribution in [2.24, 2.45) is 0 Å². The largest absolute Gasteiger partial charge is 0.458 e. The number of rotatable bonds is 0. The van der Waals surface area contributed by atoms with Gasteiger partial charge < -0.3 is 9.30 Å². The van der Waals surface area contributed by atoms with Crippen molar-refractivity contribution in [1.82, 2.24) is 4.57 Å². The number of nitrogens with zero attached hydrogens (tertiary/aromatic N) is 1. The quantitative estimate of drug-likeness (QED) is 0.374. The SMILES string of the molecule is Cc1cc2c3c(c1)-n1c4ccccc4c4cccc(c41)B3c1ccccc1O2. The maximum absolute atomic E-state index is 6.39. The molecule has 0 atom stereocenters. The molecule has 0 N–H and O–H groups in total. The van der Waals surface area contributed by atoms with E-state index in [-0.39, 0.29) is 6.71 Å². The van der Waals surface area contributed by atoms with Crippen LogP contribution in [0.5, 0.6) is 11.5 Å². The summed E-state index contributed by atoms with van der Waals surface area (Å²) in [6, 6.07) is 28.4. The normalized spacial score (nSPS) is 13.4. The van der Waals surface area contributed by atoms with Crippen LogP contribution < -0.4 is 21.1 Å². The van der Waals surface area contributed by atoms with Gasteiger partial charge in [-0.15, -0.1) is 0 Å². The Balaban J connectivity index is 1.76. The highest BCUT2D eigenvalue weighted by Crippen LogP contribution is 2.37. The van der Waals surface area contributed by atoms with Gasteiger partial charge in [-0.1, -0.05) is 54.6 Å². The molecule has 28 heavy (non-hydrogen) atoms. The van der Waals surface area contributed by atoms with Crippen molar-refractivity contribution < 1.29 is 4.74 Å². The monoisotopic (exact) mass is 357 g/mol. The van der Waals surface area contributed by atoms with Crippen molar-refractivity contribution in [1.29, 1.82) is 0 Å². The minimum Gasteiger partial charge on any atom is -0.458 e. The lowest BCUT2D eigenvalue weighted by Gasteiger charge is -2.33. The fourth-order valence-electron chi connectivity index (χ4n) is 5.24. The molecule has 0 unspecified atom stereocenters. The summed E-state index contributed by atoms with van der Waals surface area (Å²) >= 11 is 0. The average molecular weight is 357 g/mol. The molecule has 2 aliphatic rings. The van der Waals surface area contributed by atoms with Crippen LogP contribution in [0.3, 0.4) is 0 Å². The number of ether oxygens (including phenoxy) is 1. The van der Waals surface area contributed by atoms with Crippen LogP contribution in [0.25, 0.3) is 27.5 Å². The summed E-state index contributed by atoms with van der Waals surface area (Å²) in [7, 11) is 0. The third-order valence-corrected chi connectivity index (χ3v) is 6.28. The van der Waals surface area contributed by atoms with Crippen molar-refractivity contribution in [3.8, 4) is 17.2 Å². The summed E-state index contributed by atoms with van der Waals surface area (Å²) in [5, 5.41) is 2.63. The maximum atomic E-state index is 6.39. The number of hydrogen-bond acceptors (Lipinski definition) is 1. The predicted octanol–water partition coefficient (Wildman–Crippen LogP) is 4.03. The second kappa shape index (κ2) is 4.88. The number of aromatic nitrogens is 1. The highest BCUT2D eigenvalue weighted by molar-refractivity contribution is 6.99. The van der Waals surface area contributed by atoms with Gasteiger partial charge >= 0.3 is 0 Å². The van der Waals surface area contributed by atoms with Gasteiger partial charge in [-0.05, 0) is 53.1 Å². The molecule has 2 nitrogen and oxygen atoms in total. The molecule has 0 spiro atoms. The molecule has 0 bridgehead atoms. The van der Waals surface area contributed by atoms with Crippen LogP contribution in [0.4, 0.5) is 0 Å². The first kappa shape index (κ1) is 14.6. The molecule has 0 radical (unpaired) electrons. The minimum absolute atomic E-state index is 0.205. The van der Waals surface area contributed by atoms with E-state index in [1.165, 1.54) is 49.4 Å². The lowest BCUT2D eigenvalue weighted by Crippen LogP contribution is -2.58. The Morgan fingerprint density at radius 3 is 2.50 bits per heavy atom.